The van der Waals surface area contributed by atoms with Gasteiger partial charge in [0.1, 0.15) is 0 Å². The van der Waals surface area contributed by atoms with Crippen LogP contribution in [0.1, 0.15) is 22.8 Å². The third kappa shape index (κ3) is 4.66. The predicted octanol–water partition coefficient (Wildman–Crippen LogP) is 4.83. The molecular formula is C23H23ClN2O3S. The molecule has 0 aliphatic carbocycles. The molecule has 7 heteroatoms. The molecule has 0 radical (unpaired) electrons. The maximum Gasteiger partial charge on any atom is 0.264 e. The molecule has 156 valence electrons. The van der Waals surface area contributed by atoms with Crippen LogP contribution in [0.3, 0.4) is 0 Å². The van der Waals surface area contributed by atoms with Crippen LogP contribution >= 0.6 is 11.6 Å². The molecule has 0 N–H and O–H groups in total. The number of hydrogen-bond acceptors (Lipinski definition) is 3. The lowest BCUT2D eigenvalue weighted by Crippen LogP contribution is -2.31. The molecule has 0 bridgehead atoms. The average molecular weight is 443 g/mol. The first-order valence-corrected chi connectivity index (χ1v) is 11.3. The summed E-state index contributed by atoms with van der Waals surface area (Å²) in [6.45, 7) is 2.75. The zero-order valence-corrected chi connectivity index (χ0v) is 18.4. The fourth-order valence-electron chi connectivity index (χ4n) is 3.06. The molecule has 5 nitrogen and oxygen atoms in total. The van der Waals surface area contributed by atoms with Crippen LogP contribution in [0.25, 0.3) is 0 Å². The number of para-hydroxylation sites is 1. The molecule has 0 spiro atoms. The van der Waals surface area contributed by atoms with Crippen molar-refractivity contribution >= 4 is 33.2 Å². The van der Waals surface area contributed by atoms with Gasteiger partial charge in [-0.3, -0.25) is 9.10 Å². The number of nitrogens with zero attached hydrogens (tertiary/aromatic N) is 2. The van der Waals surface area contributed by atoms with Crippen molar-refractivity contribution in [3.8, 4) is 0 Å². The van der Waals surface area contributed by atoms with Crippen molar-refractivity contribution in [2.75, 3.05) is 17.9 Å². The van der Waals surface area contributed by atoms with E-state index in [4.69, 9.17) is 11.6 Å². The summed E-state index contributed by atoms with van der Waals surface area (Å²) in [6.07, 6.45) is 0. The van der Waals surface area contributed by atoms with E-state index < -0.39 is 10.0 Å². The molecule has 3 rings (SSSR count). The number of halogens is 1. The van der Waals surface area contributed by atoms with Gasteiger partial charge in [0.15, 0.2) is 0 Å². The first-order chi connectivity index (χ1) is 14.3. The number of carbonyl (C=O) groups is 1. The van der Waals surface area contributed by atoms with Crippen LogP contribution in [0, 0.1) is 0 Å². The zero-order chi connectivity index (χ0) is 21.7. The molecule has 0 aliphatic rings. The predicted molar refractivity (Wildman–Crippen MR) is 120 cm³/mol. The Hall–Kier alpha value is -2.83. The Morgan fingerprint density at radius 1 is 0.933 bits per heavy atom. The first-order valence-electron chi connectivity index (χ1n) is 9.51. The molecule has 0 saturated heterocycles. The number of benzene rings is 3. The highest BCUT2D eigenvalue weighted by molar-refractivity contribution is 7.92. The van der Waals surface area contributed by atoms with Crippen molar-refractivity contribution in [3.05, 3.63) is 95.0 Å². The van der Waals surface area contributed by atoms with Gasteiger partial charge in [-0.15, -0.1) is 0 Å². The van der Waals surface area contributed by atoms with Crippen LogP contribution in [0.4, 0.5) is 5.69 Å². The van der Waals surface area contributed by atoms with Gasteiger partial charge in [0.25, 0.3) is 15.9 Å². The summed E-state index contributed by atoms with van der Waals surface area (Å²) >= 11 is 6.29. The van der Waals surface area contributed by atoms with Crippen LogP contribution in [0.15, 0.2) is 83.8 Å². The second kappa shape index (κ2) is 9.32. The van der Waals surface area contributed by atoms with Gasteiger partial charge in [-0.25, -0.2) is 8.42 Å². The quantitative estimate of drug-likeness (QED) is 0.526. The van der Waals surface area contributed by atoms with Gasteiger partial charge in [0.05, 0.1) is 21.2 Å². The monoisotopic (exact) mass is 442 g/mol. The van der Waals surface area contributed by atoms with Crippen molar-refractivity contribution in [2.24, 2.45) is 0 Å². The molecule has 0 fully saturated rings. The molecule has 0 aromatic heterocycles. The Morgan fingerprint density at radius 3 is 2.13 bits per heavy atom. The van der Waals surface area contributed by atoms with E-state index in [9.17, 15) is 13.2 Å². The smallest absolute Gasteiger partial charge is 0.264 e. The normalized spacial score (nSPS) is 11.2. The summed E-state index contributed by atoms with van der Waals surface area (Å²) in [7, 11) is -2.37. The van der Waals surface area contributed by atoms with Crippen LogP contribution < -0.4 is 4.31 Å². The van der Waals surface area contributed by atoms with E-state index in [0.29, 0.717) is 18.8 Å². The highest BCUT2D eigenvalue weighted by Gasteiger charge is 2.25. The molecule has 0 heterocycles. The molecule has 30 heavy (non-hydrogen) atoms. The number of sulfonamides is 1. The molecule has 0 atom stereocenters. The van der Waals surface area contributed by atoms with E-state index in [1.807, 2.05) is 43.3 Å². The number of hydrogen-bond donors (Lipinski definition) is 0. The summed E-state index contributed by atoms with van der Waals surface area (Å²) in [6, 6.07) is 22.6. The fraction of sp³-hybridized carbons (Fsp3) is 0.174. The summed E-state index contributed by atoms with van der Waals surface area (Å²) < 4.78 is 27.4. The lowest BCUT2D eigenvalue weighted by atomic mass is 10.1. The molecular weight excluding hydrogens is 420 g/mol. The Balaban J connectivity index is 1.93. The van der Waals surface area contributed by atoms with Crippen LogP contribution in [0.2, 0.25) is 5.02 Å². The van der Waals surface area contributed by atoms with Crippen LogP contribution in [0.5, 0.6) is 0 Å². The van der Waals surface area contributed by atoms with Gasteiger partial charge in [-0.2, -0.15) is 0 Å². The van der Waals surface area contributed by atoms with E-state index in [2.05, 4.69) is 0 Å². The molecule has 0 aliphatic heterocycles. The third-order valence-electron chi connectivity index (χ3n) is 4.83. The van der Waals surface area contributed by atoms with Crippen molar-refractivity contribution in [3.63, 3.8) is 0 Å². The minimum atomic E-state index is -3.85. The lowest BCUT2D eigenvalue weighted by Gasteiger charge is -2.23. The molecule has 1 amide bonds. The topological polar surface area (TPSA) is 57.7 Å². The van der Waals surface area contributed by atoms with Crippen LogP contribution in [-0.4, -0.2) is 32.8 Å². The molecule has 3 aromatic rings. The number of rotatable bonds is 7. The van der Waals surface area contributed by atoms with E-state index in [0.717, 1.165) is 5.56 Å². The van der Waals surface area contributed by atoms with E-state index in [1.165, 1.54) is 29.6 Å². The van der Waals surface area contributed by atoms with Crippen molar-refractivity contribution in [1.29, 1.82) is 0 Å². The Morgan fingerprint density at radius 2 is 1.53 bits per heavy atom. The van der Waals surface area contributed by atoms with Gasteiger partial charge in [-0.05, 0) is 42.8 Å². The lowest BCUT2D eigenvalue weighted by molar-refractivity contribution is 0.0752. The first kappa shape index (κ1) is 21.9. The number of amides is 1. The molecule has 0 unspecified atom stereocenters. The standard InChI is InChI=1S/C23H23ClN2O3S/c1-3-26(17-18-10-6-4-7-11-18)23(27)21-16-20(14-15-22(21)24)30(28,29)25(2)19-12-8-5-9-13-19/h4-16H,3,17H2,1-2H3. The SMILES string of the molecule is CCN(Cc1ccccc1)C(=O)c1cc(S(=O)(=O)N(C)c2ccccc2)ccc1Cl. The largest absolute Gasteiger partial charge is 0.335 e. The van der Waals surface area contributed by atoms with Crippen LogP contribution in [-0.2, 0) is 16.6 Å². The number of anilines is 1. The second-order valence-corrected chi connectivity index (χ2v) is 9.13. The fourth-order valence-corrected chi connectivity index (χ4v) is 4.49. The van der Waals surface area contributed by atoms with Gasteiger partial charge in [-0.1, -0.05) is 60.1 Å². The number of carbonyl (C=O) groups excluding carboxylic acids is 1. The highest BCUT2D eigenvalue weighted by Crippen LogP contribution is 2.26. The highest BCUT2D eigenvalue weighted by atomic mass is 35.5. The van der Waals surface area contributed by atoms with E-state index in [1.54, 1.807) is 29.2 Å². The van der Waals surface area contributed by atoms with Gasteiger partial charge in [0, 0.05) is 20.1 Å². The molecule has 0 saturated carbocycles. The summed E-state index contributed by atoms with van der Waals surface area (Å²) in [4.78, 5) is 14.8. The van der Waals surface area contributed by atoms with E-state index in [-0.39, 0.29) is 21.4 Å². The average Bonchev–Trinajstić information content (AvgIpc) is 2.78. The van der Waals surface area contributed by atoms with Crippen molar-refractivity contribution < 1.29 is 13.2 Å². The second-order valence-electron chi connectivity index (χ2n) is 6.75. The van der Waals surface area contributed by atoms with Crippen molar-refractivity contribution in [1.82, 2.24) is 4.90 Å². The Kier molecular flexibility index (Phi) is 6.80. The summed E-state index contributed by atoms with van der Waals surface area (Å²) in [5, 5.41) is 0.216. The maximum atomic E-state index is 13.2. The van der Waals surface area contributed by atoms with Gasteiger partial charge >= 0.3 is 0 Å². The minimum absolute atomic E-state index is 0.0115. The maximum absolute atomic E-state index is 13.2. The van der Waals surface area contributed by atoms with E-state index >= 15 is 0 Å². The molecule has 3 aromatic carbocycles. The zero-order valence-electron chi connectivity index (χ0n) is 16.8. The third-order valence-corrected chi connectivity index (χ3v) is 6.94. The summed E-state index contributed by atoms with van der Waals surface area (Å²) in [5.74, 6) is -0.314. The Bertz CT molecular complexity index is 1120. The Labute approximate surface area is 182 Å². The van der Waals surface area contributed by atoms with Gasteiger partial charge < -0.3 is 4.90 Å². The minimum Gasteiger partial charge on any atom is -0.335 e. The van der Waals surface area contributed by atoms with Gasteiger partial charge in [0.2, 0.25) is 0 Å². The van der Waals surface area contributed by atoms with Crippen molar-refractivity contribution in [2.45, 2.75) is 18.4 Å². The summed E-state index contributed by atoms with van der Waals surface area (Å²) in [5.41, 5.74) is 1.67.